The summed E-state index contributed by atoms with van der Waals surface area (Å²) in [6.45, 7) is 5.84. The van der Waals surface area contributed by atoms with Gasteiger partial charge in [0.1, 0.15) is 0 Å². The van der Waals surface area contributed by atoms with Gasteiger partial charge in [0.15, 0.2) is 0 Å². The lowest BCUT2D eigenvalue weighted by atomic mass is 9.97. The monoisotopic (exact) mass is 305 g/mol. The van der Waals surface area contributed by atoms with Crippen LogP contribution in [0.15, 0.2) is 30.3 Å². The molecule has 1 fully saturated rings. The predicted octanol–water partition coefficient (Wildman–Crippen LogP) is 2.77. The minimum atomic E-state index is -0.565. The van der Waals surface area contributed by atoms with E-state index < -0.39 is 6.10 Å². The number of ether oxygens (including phenoxy) is 1. The summed E-state index contributed by atoms with van der Waals surface area (Å²) in [5.74, 6) is 0.285. The maximum absolute atomic E-state index is 12.7. The van der Waals surface area contributed by atoms with Crippen LogP contribution >= 0.6 is 0 Å². The van der Waals surface area contributed by atoms with Gasteiger partial charge < -0.3 is 14.7 Å². The Morgan fingerprint density at radius 3 is 2.64 bits per heavy atom. The zero-order chi connectivity index (χ0) is 15.9. The second-order valence-electron chi connectivity index (χ2n) is 5.94. The maximum Gasteiger partial charge on any atom is 0.226 e. The van der Waals surface area contributed by atoms with Crippen molar-refractivity contribution in [1.29, 1.82) is 0 Å². The smallest absolute Gasteiger partial charge is 0.226 e. The highest BCUT2D eigenvalue weighted by Crippen LogP contribution is 2.24. The number of amides is 1. The Morgan fingerprint density at radius 1 is 1.32 bits per heavy atom. The Labute approximate surface area is 133 Å². The van der Waals surface area contributed by atoms with Crippen molar-refractivity contribution in [2.24, 2.45) is 5.92 Å². The van der Waals surface area contributed by atoms with Crippen LogP contribution in [0.2, 0.25) is 0 Å². The van der Waals surface area contributed by atoms with Gasteiger partial charge in [-0.15, -0.1) is 0 Å². The lowest BCUT2D eigenvalue weighted by Crippen LogP contribution is -2.51. The van der Waals surface area contributed by atoms with Crippen LogP contribution < -0.4 is 0 Å². The van der Waals surface area contributed by atoms with E-state index in [1.165, 1.54) is 0 Å². The van der Waals surface area contributed by atoms with Gasteiger partial charge in [0.25, 0.3) is 0 Å². The second kappa shape index (κ2) is 8.30. The molecule has 1 heterocycles. The molecular formula is C18H27NO3. The Balaban J connectivity index is 2.05. The van der Waals surface area contributed by atoms with Crippen LogP contribution in [0.4, 0.5) is 0 Å². The first-order valence-electron chi connectivity index (χ1n) is 8.28. The van der Waals surface area contributed by atoms with Crippen molar-refractivity contribution in [3.8, 4) is 0 Å². The van der Waals surface area contributed by atoms with Crippen molar-refractivity contribution < 1.29 is 14.6 Å². The number of hydrogen-bond donors (Lipinski definition) is 1. The first-order valence-corrected chi connectivity index (χ1v) is 8.28. The standard InChI is InChI=1S/C18H27NO3/c1-3-14(4-2)18(21)19-10-11-22-13-16(19)12-17(20)15-8-6-5-7-9-15/h5-9,14,16-17,20H,3-4,10-13H2,1-2H3/t16-,17+/m1/s1. The molecule has 1 aromatic rings. The molecular weight excluding hydrogens is 278 g/mol. The quantitative estimate of drug-likeness (QED) is 0.879. The predicted molar refractivity (Wildman–Crippen MR) is 86.4 cm³/mol. The van der Waals surface area contributed by atoms with Crippen LogP contribution in [0.5, 0.6) is 0 Å². The third-order valence-corrected chi connectivity index (χ3v) is 4.53. The molecule has 1 N–H and O–H groups in total. The fourth-order valence-corrected chi connectivity index (χ4v) is 3.08. The molecule has 22 heavy (non-hydrogen) atoms. The molecule has 0 unspecified atom stereocenters. The topological polar surface area (TPSA) is 49.8 Å². The van der Waals surface area contributed by atoms with Crippen LogP contribution in [-0.2, 0) is 9.53 Å². The number of aliphatic hydroxyl groups is 1. The van der Waals surface area contributed by atoms with Gasteiger partial charge in [-0.2, -0.15) is 0 Å². The van der Waals surface area contributed by atoms with Gasteiger partial charge in [-0.05, 0) is 18.4 Å². The highest BCUT2D eigenvalue weighted by Gasteiger charge is 2.32. The molecule has 1 aliphatic heterocycles. The zero-order valence-electron chi connectivity index (χ0n) is 13.6. The highest BCUT2D eigenvalue weighted by molar-refractivity contribution is 5.79. The molecule has 2 rings (SSSR count). The van der Waals surface area contributed by atoms with E-state index in [0.29, 0.717) is 26.2 Å². The van der Waals surface area contributed by atoms with E-state index in [1.54, 1.807) is 0 Å². The average Bonchev–Trinajstić information content (AvgIpc) is 2.57. The van der Waals surface area contributed by atoms with Gasteiger partial charge in [-0.3, -0.25) is 4.79 Å². The molecule has 0 bridgehead atoms. The number of rotatable bonds is 6. The number of aliphatic hydroxyl groups excluding tert-OH is 1. The van der Waals surface area contributed by atoms with Crippen molar-refractivity contribution in [2.75, 3.05) is 19.8 Å². The first-order chi connectivity index (χ1) is 10.7. The van der Waals surface area contributed by atoms with Crippen molar-refractivity contribution in [2.45, 2.75) is 45.3 Å². The van der Waals surface area contributed by atoms with Crippen molar-refractivity contribution in [3.05, 3.63) is 35.9 Å². The fourth-order valence-electron chi connectivity index (χ4n) is 3.08. The molecule has 1 amide bonds. The van der Waals surface area contributed by atoms with Gasteiger partial charge >= 0.3 is 0 Å². The van der Waals surface area contributed by atoms with E-state index in [2.05, 4.69) is 13.8 Å². The highest BCUT2D eigenvalue weighted by atomic mass is 16.5. The second-order valence-corrected chi connectivity index (χ2v) is 5.94. The lowest BCUT2D eigenvalue weighted by molar-refractivity contribution is -0.145. The first kappa shape index (κ1) is 17.0. The summed E-state index contributed by atoms with van der Waals surface area (Å²) in [4.78, 5) is 14.6. The van der Waals surface area contributed by atoms with Gasteiger partial charge in [-0.1, -0.05) is 44.2 Å². The third-order valence-electron chi connectivity index (χ3n) is 4.53. The van der Waals surface area contributed by atoms with E-state index in [4.69, 9.17) is 4.74 Å². The number of carbonyl (C=O) groups excluding carboxylic acids is 1. The lowest BCUT2D eigenvalue weighted by Gasteiger charge is -2.38. The molecule has 0 radical (unpaired) electrons. The number of carbonyl (C=O) groups is 1. The summed E-state index contributed by atoms with van der Waals surface area (Å²) in [5, 5.41) is 10.4. The van der Waals surface area contributed by atoms with Crippen LogP contribution in [0, 0.1) is 5.92 Å². The van der Waals surface area contributed by atoms with Crippen molar-refractivity contribution in [1.82, 2.24) is 4.90 Å². The van der Waals surface area contributed by atoms with E-state index >= 15 is 0 Å². The Bertz CT molecular complexity index is 459. The Hall–Kier alpha value is -1.39. The molecule has 122 valence electrons. The molecule has 1 aliphatic rings. The molecule has 0 spiro atoms. The van der Waals surface area contributed by atoms with Crippen molar-refractivity contribution in [3.63, 3.8) is 0 Å². The molecule has 0 aromatic heterocycles. The van der Waals surface area contributed by atoms with Gasteiger partial charge in [0.05, 0.1) is 25.4 Å². The van der Waals surface area contributed by atoms with E-state index in [9.17, 15) is 9.90 Å². The molecule has 0 aliphatic carbocycles. The van der Waals surface area contributed by atoms with Gasteiger partial charge in [0, 0.05) is 18.9 Å². The molecule has 4 nitrogen and oxygen atoms in total. The third kappa shape index (κ3) is 4.08. The van der Waals surface area contributed by atoms with E-state index in [1.807, 2.05) is 35.2 Å². The maximum atomic E-state index is 12.7. The van der Waals surface area contributed by atoms with Crippen LogP contribution in [0.3, 0.4) is 0 Å². The summed E-state index contributed by atoms with van der Waals surface area (Å²) in [6.07, 6.45) is 1.68. The van der Waals surface area contributed by atoms with E-state index in [-0.39, 0.29) is 17.9 Å². The number of morpholine rings is 1. The molecule has 1 aromatic carbocycles. The summed E-state index contributed by atoms with van der Waals surface area (Å²) in [5.41, 5.74) is 0.892. The normalized spacial score (nSPS) is 20.2. The molecule has 4 heteroatoms. The number of hydrogen-bond acceptors (Lipinski definition) is 3. The summed E-state index contributed by atoms with van der Waals surface area (Å²) < 4.78 is 5.54. The molecule has 1 saturated heterocycles. The van der Waals surface area contributed by atoms with E-state index in [0.717, 1.165) is 18.4 Å². The largest absolute Gasteiger partial charge is 0.388 e. The van der Waals surface area contributed by atoms with Crippen molar-refractivity contribution >= 4 is 5.91 Å². The minimum Gasteiger partial charge on any atom is -0.388 e. The molecule has 0 saturated carbocycles. The Morgan fingerprint density at radius 2 is 2.00 bits per heavy atom. The summed E-state index contributed by atoms with van der Waals surface area (Å²) in [7, 11) is 0. The fraction of sp³-hybridized carbons (Fsp3) is 0.611. The van der Waals surface area contributed by atoms with Crippen LogP contribution in [-0.4, -0.2) is 41.7 Å². The summed E-state index contributed by atoms with van der Waals surface area (Å²) in [6, 6.07) is 9.56. The van der Waals surface area contributed by atoms with Crippen LogP contribution in [0.25, 0.3) is 0 Å². The minimum absolute atomic E-state index is 0.0444. The summed E-state index contributed by atoms with van der Waals surface area (Å²) >= 11 is 0. The Kier molecular flexibility index (Phi) is 6.40. The SMILES string of the molecule is CCC(CC)C(=O)N1CCOC[C@H]1C[C@H](O)c1ccccc1. The molecule has 2 atom stereocenters. The zero-order valence-corrected chi connectivity index (χ0v) is 13.6. The average molecular weight is 305 g/mol. The number of benzene rings is 1. The number of nitrogens with zero attached hydrogens (tertiary/aromatic N) is 1. The van der Waals surface area contributed by atoms with Crippen LogP contribution in [0.1, 0.15) is 44.8 Å². The van der Waals surface area contributed by atoms with Gasteiger partial charge in [0.2, 0.25) is 5.91 Å². The van der Waals surface area contributed by atoms with Gasteiger partial charge in [-0.25, -0.2) is 0 Å².